The van der Waals surface area contributed by atoms with E-state index in [1.807, 2.05) is 10.6 Å². The number of carbonyl (C=O) groups is 1. The second-order valence-electron chi connectivity index (χ2n) is 2.44. The summed E-state index contributed by atoms with van der Waals surface area (Å²) in [4.78, 5) is 9.69. The van der Waals surface area contributed by atoms with E-state index in [1.165, 1.54) is 6.92 Å². The number of Topliss-reactive ketones (excluding diaryl/α,β-unsaturated/α-hetero) is 1. The first-order valence-corrected chi connectivity index (χ1v) is 3.59. The number of ketones is 1. The van der Waals surface area contributed by atoms with E-state index in [0.29, 0.717) is 0 Å². The number of hydrogen-bond donors (Lipinski definition) is 0. The molecule has 0 saturated heterocycles. The molecule has 0 saturated carbocycles. The van der Waals surface area contributed by atoms with Gasteiger partial charge in [0.15, 0.2) is 0 Å². The summed E-state index contributed by atoms with van der Waals surface area (Å²) >= 11 is 0. The zero-order valence-electron chi connectivity index (χ0n) is 7.54. The van der Waals surface area contributed by atoms with Crippen molar-refractivity contribution in [1.82, 2.24) is 0 Å². The largest absolute Gasteiger partial charge is 0.739 e. The molecule has 0 amide bonds. The van der Waals surface area contributed by atoms with Crippen molar-refractivity contribution in [3.05, 3.63) is 20.8 Å². The minimum Gasteiger partial charge on any atom is -0.739 e. The van der Waals surface area contributed by atoms with Crippen molar-refractivity contribution in [2.24, 2.45) is 10.6 Å². The van der Waals surface area contributed by atoms with Gasteiger partial charge in [-0.15, -0.1) is 0 Å². The summed E-state index contributed by atoms with van der Waals surface area (Å²) in [6.07, 6.45) is -0.382. The standard InChI is InChI=1S/C5H10N4O5/c1-3-5(4(2)10,8(13)6-11)9(14)7-12/h11-12H,3H2,1-2H3/p-2/b8-6-,9-7-. The molecule has 0 aromatic heterocycles. The molecule has 0 rings (SSSR count). The number of hydroxylamine groups is 2. The molecule has 0 atom stereocenters. The van der Waals surface area contributed by atoms with Crippen LogP contribution in [-0.2, 0) is 4.79 Å². The fraction of sp³-hybridized carbons (Fsp3) is 0.800. The molecule has 0 radical (unpaired) electrons. The van der Waals surface area contributed by atoms with E-state index in [0.717, 1.165) is 6.92 Å². The minimum absolute atomic E-state index is 0.382. The lowest BCUT2D eigenvalue weighted by Crippen LogP contribution is -2.52. The van der Waals surface area contributed by atoms with Gasteiger partial charge in [-0.25, -0.2) is 0 Å². The van der Waals surface area contributed by atoms with Crippen LogP contribution in [0.25, 0.3) is 0 Å². The summed E-state index contributed by atoms with van der Waals surface area (Å²) in [5.74, 6) is -0.982. The predicted octanol–water partition coefficient (Wildman–Crippen LogP) is 0.602. The van der Waals surface area contributed by atoms with Gasteiger partial charge in [-0.05, 0) is 20.3 Å². The van der Waals surface area contributed by atoms with Gasteiger partial charge in [0.2, 0.25) is 0 Å². The first kappa shape index (κ1) is 12.1. The molecule has 0 N–H and O–H groups in total. The zero-order chi connectivity index (χ0) is 11.4. The third-order valence-corrected chi connectivity index (χ3v) is 1.84. The highest BCUT2D eigenvalue weighted by Crippen LogP contribution is 2.18. The maximum absolute atomic E-state index is 11.0. The summed E-state index contributed by atoms with van der Waals surface area (Å²) in [6, 6.07) is 0. The third-order valence-electron chi connectivity index (χ3n) is 1.84. The Morgan fingerprint density at radius 3 is 1.79 bits per heavy atom. The van der Waals surface area contributed by atoms with E-state index in [1.54, 1.807) is 0 Å². The normalized spacial score (nSPS) is 14.1. The quantitative estimate of drug-likeness (QED) is 0.285. The molecule has 0 aliphatic carbocycles. The van der Waals surface area contributed by atoms with E-state index in [2.05, 4.69) is 0 Å². The average Bonchev–Trinajstić information content (AvgIpc) is 2.18. The lowest BCUT2D eigenvalue weighted by atomic mass is 10.0. The van der Waals surface area contributed by atoms with Crippen molar-refractivity contribution in [2.45, 2.75) is 25.9 Å². The number of rotatable bonds is 4. The van der Waals surface area contributed by atoms with Crippen molar-refractivity contribution in [2.75, 3.05) is 0 Å². The first-order chi connectivity index (χ1) is 6.47. The molecule has 0 aromatic carbocycles. The second-order valence-corrected chi connectivity index (χ2v) is 2.44. The van der Waals surface area contributed by atoms with Crippen molar-refractivity contribution in [3.63, 3.8) is 0 Å². The van der Waals surface area contributed by atoms with Crippen molar-refractivity contribution in [3.8, 4) is 0 Å². The van der Waals surface area contributed by atoms with Crippen LogP contribution in [0.15, 0.2) is 10.6 Å². The Morgan fingerprint density at radius 2 is 1.64 bits per heavy atom. The van der Waals surface area contributed by atoms with Gasteiger partial charge >= 0.3 is 5.66 Å². The van der Waals surface area contributed by atoms with E-state index in [-0.39, 0.29) is 6.42 Å². The highest BCUT2D eigenvalue weighted by atomic mass is 16.6. The van der Waals surface area contributed by atoms with Gasteiger partial charge in [0.1, 0.15) is 0 Å². The van der Waals surface area contributed by atoms with Crippen LogP contribution in [0.3, 0.4) is 0 Å². The number of nitrogens with zero attached hydrogens (tertiary/aromatic N) is 4. The fourth-order valence-corrected chi connectivity index (χ4v) is 0.997. The third kappa shape index (κ3) is 1.56. The molecule has 0 bridgehead atoms. The summed E-state index contributed by atoms with van der Waals surface area (Å²) in [5, 5.41) is 45.4. The summed E-state index contributed by atoms with van der Waals surface area (Å²) < 4.78 is 0. The van der Waals surface area contributed by atoms with Gasteiger partial charge in [-0.2, -0.15) is 0 Å². The average molecular weight is 204 g/mol. The predicted molar refractivity (Wildman–Crippen MR) is 42.5 cm³/mol. The molecular formula is C5H8N4O5-2. The van der Waals surface area contributed by atoms with E-state index in [9.17, 15) is 25.6 Å². The Morgan fingerprint density at radius 1 is 1.29 bits per heavy atom. The molecule has 0 fully saturated rings. The van der Waals surface area contributed by atoms with Crippen molar-refractivity contribution < 1.29 is 14.5 Å². The Balaban J connectivity index is 5.55. The molecule has 9 heteroatoms. The zero-order valence-corrected chi connectivity index (χ0v) is 7.54. The topological polar surface area (TPSA) is 140 Å². The van der Waals surface area contributed by atoms with E-state index < -0.39 is 21.2 Å². The maximum Gasteiger partial charge on any atom is 0.475 e. The van der Waals surface area contributed by atoms with Gasteiger partial charge in [0, 0.05) is 6.92 Å². The molecule has 0 spiro atoms. The molecule has 0 aromatic rings. The van der Waals surface area contributed by atoms with Gasteiger partial charge in [0.05, 0.1) is 6.42 Å². The van der Waals surface area contributed by atoms with Gasteiger partial charge in [-0.3, -0.25) is 4.79 Å². The van der Waals surface area contributed by atoms with E-state index >= 15 is 0 Å². The molecule has 0 unspecified atom stereocenters. The monoisotopic (exact) mass is 204 g/mol. The highest BCUT2D eigenvalue weighted by molar-refractivity contribution is 5.82. The molecule has 9 nitrogen and oxygen atoms in total. The summed E-state index contributed by atoms with van der Waals surface area (Å²) in [5.41, 5.74) is -2.48. The molecule has 80 valence electrons. The Hall–Kier alpha value is -1.93. The van der Waals surface area contributed by atoms with Crippen LogP contribution in [0, 0.1) is 20.8 Å². The van der Waals surface area contributed by atoms with Crippen molar-refractivity contribution >= 4 is 5.78 Å². The molecule has 14 heavy (non-hydrogen) atoms. The lowest BCUT2D eigenvalue weighted by Gasteiger charge is -2.22. The fourth-order valence-electron chi connectivity index (χ4n) is 0.997. The Kier molecular flexibility index (Phi) is 3.75. The van der Waals surface area contributed by atoms with Crippen LogP contribution >= 0.6 is 0 Å². The maximum atomic E-state index is 11.0. The molecule has 0 aliphatic heterocycles. The van der Waals surface area contributed by atoms with Crippen LogP contribution in [0.4, 0.5) is 0 Å². The lowest BCUT2D eigenvalue weighted by molar-refractivity contribution is -0.810. The second kappa shape index (κ2) is 4.35. The number of hydrogen-bond acceptors (Lipinski definition) is 7. The van der Waals surface area contributed by atoms with Gasteiger partial charge in [-0.1, -0.05) is 6.92 Å². The van der Waals surface area contributed by atoms with Crippen LogP contribution in [0.5, 0.6) is 0 Å². The van der Waals surface area contributed by atoms with E-state index in [4.69, 9.17) is 0 Å². The molecular weight excluding hydrogens is 196 g/mol. The first-order valence-electron chi connectivity index (χ1n) is 3.59. The SMILES string of the molecule is CCC(C(C)=O)(/[N+]([O-])=N/[O-])/[N+]([O-])=N/[O-]. The van der Waals surface area contributed by atoms with Crippen LogP contribution < -0.4 is 0 Å². The van der Waals surface area contributed by atoms with Crippen LogP contribution in [0.2, 0.25) is 0 Å². The summed E-state index contributed by atoms with van der Waals surface area (Å²) in [6.45, 7) is 2.16. The highest BCUT2D eigenvalue weighted by Gasteiger charge is 2.55. The van der Waals surface area contributed by atoms with Crippen LogP contribution in [0.1, 0.15) is 20.3 Å². The number of carbonyl (C=O) groups excluding carboxylic acids is 1. The minimum atomic E-state index is -2.48. The van der Waals surface area contributed by atoms with Gasteiger partial charge in [0.25, 0.3) is 5.78 Å². The molecule has 0 heterocycles. The Labute approximate surface area is 78.7 Å². The smallest absolute Gasteiger partial charge is 0.475 e. The Bertz CT molecular complexity index is 268. The van der Waals surface area contributed by atoms with Crippen molar-refractivity contribution in [1.29, 1.82) is 0 Å². The van der Waals surface area contributed by atoms with Gasteiger partial charge < -0.3 is 20.8 Å². The summed E-state index contributed by atoms with van der Waals surface area (Å²) in [7, 11) is 0. The van der Waals surface area contributed by atoms with Crippen LogP contribution in [-0.4, -0.2) is 21.2 Å². The molecule has 0 aliphatic rings.